The van der Waals surface area contributed by atoms with Crippen LogP contribution in [0.25, 0.3) is 20.3 Å². The molecule has 0 unspecified atom stereocenters. The van der Waals surface area contributed by atoms with E-state index < -0.39 is 17.1 Å². The van der Waals surface area contributed by atoms with Crippen LogP contribution >= 0.6 is 11.3 Å². The number of amides is 1. The lowest BCUT2D eigenvalue weighted by atomic mass is 10.1. The smallest absolute Gasteiger partial charge is 0.324 e. The summed E-state index contributed by atoms with van der Waals surface area (Å²) in [5.74, 6) is -0.772. The Labute approximate surface area is 203 Å². The highest BCUT2D eigenvalue weighted by molar-refractivity contribution is 7.25. The van der Waals surface area contributed by atoms with E-state index in [4.69, 9.17) is 0 Å². The van der Waals surface area contributed by atoms with Crippen molar-refractivity contribution in [2.75, 3.05) is 5.32 Å². The first-order chi connectivity index (χ1) is 16.8. The SMILES string of the molecule is Cc1ccc(C)c(NC(=O)Cn2c(=O)n(Cc3ccc(F)cc3)c(=O)c3sc4ccccc4c32)c1. The molecule has 0 fully saturated rings. The first-order valence-corrected chi connectivity index (χ1v) is 11.9. The Morgan fingerprint density at radius 1 is 0.971 bits per heavy atom. The van der Waals surface area contributed by atoms with Gasteiger partial charge in [0.1, 0.15) is 17.1 Å². The van der Waals surface area contributed by atoms with Gasteiger partial charge in [0, 0.05) is 15.8 Å². The lowest BCUT2D eigenvalue weighted by molar-refractivity contribution is -0.116. The maximum Gasteiger partial charge on any atom is 0.332 e. The lowest BCUT2D eigenvalue weighted by Crippen LogP contribution is -2.41. The number of hydrogen-bond donors (Lipinski definition) is 1. The van der Waals surface area contributed by atoms with Crippen LogP contribution in [0.15, 0.2) is 76.3 Å². The molecule has 0 aliphatic carbocycles. The van der Waals surface area contributed by atoms with Gasteiger partial charge in [-0.2, -0.15) is 0 Å². The molecule has 8 heteroatoms. The summed E-state index contributed by atoms with van der Waals surface area (Å²) >= 11 is 1.29. The van der Waals surface area contributed by atoms with Gasteiger partial charge in [-0.15, -0.1) is 11.3 Å². The molecule has 5 rings (SSSR count). The number of nitrogens with zero attached hydrogens (tertiary/aromatic N) is 2. The van der Waals surface area contributed by atoms with Crippen LogP contribution in [0.1, 0.15) is 16.7 Å². The molecule has 0 bridgehead atoms. The first-order valence-electron chi connectivity index (χ1n) is 11.1. The van der Waals surface area contributed by atoms with Gasteiger partial charge in [-0.1, -0.05) is 42.5 Å². The molecule has 3 aromatic carbocycles. The summed E-state index contributed by atoms with van der Waals surface area (Å²) in [6.07, 6.45) is 0. The number of thiophene rings is 1. The molecule has 0 spiro atoms. The van der Waals surface area contributed by atoms with Gasteiger partial charge in [-0.25, -0.2) is 9.18 Å². The number of anilines is 1. The number of aryl methyl sites for hydroxylation is 2. The molecule has 6 nitrogen and oxygen atoms in total. The van der Waals surface area contributed by atoms with Crippen LogP contribution in [0.2, 0.25) is 0 Å². The summed E-state index contributed by atoms with van der Waals surface area (Å²) in [6, 6.07) is 18.8. The van der Waals surface area contributed by atoms with Gasteiger partial charge in [-0.05, 0) is 54.8 Å². The Hall–Kier alpha value is -4.04. The van der Waals surface area contributed by atoms with E-state index in [1.54, 1.807) is 0 Å². The number of halogens is 1. The number of hydrogen-bond acceptors (Lipinski definition) is 4. The summed E-state index contributed by atoms with van der Waals surface area (Å²) in [6.45, 7) is 3.55. The molecular formula is C27H22FN3O3S. The summed E-state index contributed by atoms with van der Waals surface area (Å²) in [7, 11) is 0. The third-order valence-corrected chi connectivity index (χ3v) is 7.11. The minimum atomic E-state index is -0.591. The predicted octanol–water partition coefficient (Wildman–Crippen LogP) is 4.82. The molecule has 1 amide bonds. The van der Waals surface area contributed by atoms with Gasteiger partial charge in [0.05, 0.1) is 12.1 Å². The van der Waals surface area contributed by atoms with E-state index in [1.165, 1.54) is 40.2 Å². The Morgan fingerprint density at radius 2 is 1.71 bits per heavy atom. The number of rotatable bonds is 5. The second-order valence-corrected chi connectivity index (χ2v) is 9.58. The van der Waals surface area contributed by atoms with E-state index in [9.17, 15) is 18.8 Å². The largest absolute Gasteiger partial charge is 0.332 e. The van der Waals surface area contributed by atoms with Crippen LogP contribution in [0.5, 0.6) is 0 Å². The number of carbonyl (C=O) groups is 1. The zero-order chi connectivity index (χ0) is 24.7. The van der Waals surface area contributed by atoms with E-state index in [2.05, 4.69) is 5.32 Å². The Morgan fingerprint density at radius 3 is 2.49 bits per heavy atom. The van der Waals surface area contributed by atoms with Crippen molar-refractivity contribution >= 4 is 43.2 Å². The number of benzene rings is 3. The molecule has 35 heavy (non-hydrogen) atoms. The minimum absolute atomic E-state index is 0.0270. The minimum Gasteiger partial charge on any atom is -0.324 e. The quantitative estimate of drug-likeness (QED) is 0.386. The zero-order valence-corrected chi connectivity index (χ0v) is 20.0. The van der Waals surface area contributed by atoms with Gasteiger partial charge in [0.15, 0.2) is 0 Å². The van der Waals surface area contributed by atoms with Gasteiger partial charge in [-0.3, -0.25) is 18.7 Å². The molecule has 5 aromatic rings. The predicted molar refractivity (Wildman–Crippen MR) is 138 cm³/mol. The van der Waals surface area contributed by atoms with Gasteiger partial charge in [0.25, 0.3) is 5.56 Å². The lowest BCUT2D eigenvalue weighted by Gasteiger charge is -2.14. The zero-order valence-electron chi connectivity index (χ0n) is 19.2. The van der Waals surface area contributed by atoms with Crippen LogP contribution in [0.4, 0.5) is 10.1 Å². The van der Waals surface area contributed by atoms with E-state index >= 15 is 0 Å². The molecule has 2 aromatic heterocycles. The third kappa shape index (κ3) is 4.28. The van der Waals surface area contributed by atoms with Crippen molar-refractivity contribution in [1.29, 1.82) is 0 Å². The highest BCUT2D eigenvalue weighted by Gasteiger charge is 2.20. The molecule has 0 saturated carbocycles. The summed E-state index contributed by atoms with van der Waals surface area (Å²) in [5, 5.41) is 3.64. The van der Waals surface area contributed by atoms with Crippen molar-refractivity contribution in [3.05, 3.63) is 110 Å². The average Bonchev–Trinajstić information content (AvgIpc) is 3.23. The van der Waals surface area contributed by atoms with Gasteiger partial charge >= 0.3 is 5.69 Å². The number of fused-ring (bicyclic) bond motifs is 3. The summed E-state index contributed by atoms with van der Waals surface area (Å²) < 4.78 is 17.1. The van der Waals surface area contributed by atoms with Crippen molar-refractivity contribution in [3.8, 4) is 0 Å². The average molecular weight is 488 g/mol. The molecule has 2 heterocycles. The Bertz CT molecular complexity index is 1710. The van der Waals surface area contributed by atoms with Crippen LogP contribution < -0.4 is 16.6 Å². The van der Waals surface area contributed by atoms with Crippen molar-refractivity contribution in [1.82, 2.24) is 9.13 Å². The molecule has 0 aliphatic rings. The highest BCUT2D eigenvalue weighted by Crippen LogP contribution is 2.31. The molecule has 0 saturated heterocycles. The van der Waals surface area contributed by atoms with Crippen LogP contribution in [0.3, 0.4) is 0 Å². The van der Waals surface area contributed by atoms with Gasteiger partial charge < -0.3 is 5.32 Å². The fraction of sp³-hybridized carbons (Fsp3) is 0.148. The second kappa shape index (κ2) is 8.96. The van der Waals surface area contributed by atoms with E-state index in [0.717, 1.165) is 25.8 Å². The molecule has 0 atom stereocenters. The first kappa shape index (κ1) is 22.7. The fourth-order valence-corrected chi connectivity index (χ4v) is 5.31. The van der Waals surface area contributed by atoms with Gasteiger partial charge in [0.2, 0.25) is 5.91 Å². The molecule has 176 valence electrons. The summed E-state index contributed by atoms with van der Waals surface area (Å²) in [5.41, 5.74) is 2.62. The Balaban J connectivity index is 1.65. The van der Waals surface area contributed by atoms with E-state index in [0.29, 0.717) is 21.5 Å². The van der Waals surface area contributed by atoms with Crippen LogP contribution in [-0.2, 0) is 17.9 Å². The van der Waals surface area contributed by atoms with Crippen LogP contribution in [-0.4, -0.2) is 15.0 Å². The second-order valence-electron chi connectivity index (χ2n) is 8.53. The van der Waals surface area contributed by atoms with E-state index in [-0.39, 0.29) is 19.0 Å². The van der Waals surface area contributed by atoms with E-state index in [1.807, 2.05) is 56.3 Å². The number of aromatic nitrogens is 2. The fourth-order valence-electron chi connectivity index (χ4n) is 4.16. The molecule has 1 N–H and O–H groups in total. The topological polar surface area (TPSA) is 73.1 Å². The normalized spacial score (nSPS) is 11.3. The highest BCUT2D eigenvalue weighted by atomic mass is 32.1. The Kier molecular flexibility index (Phi) is 5.82. The molecule has 0 aliphatic heterocycles. The van der Waals surface area contributed by atoms with Crippen molar-refractivity contribution in [2.45, 2.75) is 26.9 Å². The molecule has 0 radical (unpaired) electrons. The third-order valence-electron chi connectivity index (χ3n) is 5.96. The monoisotopic (exact) mass is 487 g/mol. The molecular weight excluding hydrogens is 465 g/mol. The van der Waals surface area contributed by atoms with Crippen LogP contribution in [0, 0.1) is 19.7 Å². The number of carbonyl (C=O) groups excluding carboxylic acids is 1. The maximum absolute atomic E-state index is 13.6. The maximum atomic E-state index is 13.6. The van der Waals surface area contributed by atoms with Crippen molar-refractivity contribution in [2.24, 2.45) is 0 Å². The van der Waals surface area contributed by atoms with Crippen molar-refractivity contribution in [3.63, 3.8) is 0 Å². The summed E-state index contributed by atoms with van der Waals surface area (Å²) in [4.78, 5) is 40.1. The van der Waals surface area contributed by atoms with Crippen molar-refractivity contribution < 1.29 is 9.18 Å². The number of nitrogens with one attached hydrogen (secondary N) is 1. The standard InChI is InChI=1S/C27H22FN3O3S/c1-16-7-8-17(2)21(13-16)29-23(32)15-30-24-20-5-3-4-6-22(20)35-25(24)26(33)31(27(30)34)14-18-9-11-19(28)12-10-18/h3-13H,14-15H2,1-2H3,(H,29,32).